The summed E-state index contributed by atoms with van der Waals surface area (Å²) in [5, 5.41) is 23.8. The lowest BCUT2D eigenvalue weighted by atomic mass is 9.87. The predicted molar refractivity (Wildman–Crippen MR) is 158 cm³/mol. The smallest absolute Gasteiger partial charge is 0.313 e. The van der Waals surface area contributed by atoms with Gasteiger partial charge in [0.2, 0.25) is 0 Å². The summed E-state index contributed by atoms with van der Waals surface area (Å²) in [7, 11) is 5.78. The molecule has 0 unspecified atom stereocenters. The number of hydrogen-bond acceptors (Lipinski definition) is 5. The van der Waals surface area contributed by atoms with Crippen molar-refractivity contribution < 1.29 is 24.4 Å². The van der Waals surface area contributed by atoms with Crippen LogP contribution in [-0.2, 0) is 4.79 Å². The van der Waals surface area contributed by atoms with Crippen LogP contribution in [0.15, 0.2) is 71.5 Å². The zero-order chi connectivity index (χ0) is 27.6. The van der Waals surface area contributed by atoms with Crippen LogP contribution in [0.25, 0.3) is 5.57 Å². The van der Waals surface area contributed by atoms with E-state index in [1.54, 1.807) is 12.1 Å². The molecule has 0 saturated carbocycles. The number of aromatic carboxylic acids is 1. The molecule has 0 saturated heterocycles. The van der Waals surface area contributed by atoms with Gasteiger partial charge < -0.3 is 19.9 Å². The molecule has 0 aromatic heterocycles. The van der Waals surface area contributed by atoms with Gasteiger partial charge >= 0.3 is 5.97 Å². The van der Waals surface area contributed by atoms with Gasteiger partial charge in [0.1, 0.15) is 22.2 Å². The maximum atomic E-state index is 12.2. The van der Waals surface area contributed by atoms with Crippen LogP contribution in [0.4, 0.5) is 5.69 Å². The van der Waals surface area contributed by atoms with Gasteiger partial charge in [0.25, 0.3) is 0 Å². The molecule has 1 N–H and O–H groups in total. The molecule has 1 heterocycles. The van der Waals surface area contributed by atoms with Crippen molar-refractivity contribution in [1.29, 1.82) is 0 Å². The highest BCUT2D eigenvalue weighted by Crippen LogP contribution is 2.44. The van der Waals surface area contributed by atoms with E-state index in [1.807, 2.05) is 40.3 Å². The maximum Gasteiger partial charge on any atom is 0.313 e. The second-order valence-corrected chi connectivity index (χ2v) is 15.7. The molecule has 2 aromatic rings. The van der Waals surface area contributed by atoms with Gasteiger partial charge in [-0.25, -0.2) is 4.58 Å². The van der Waals surface area contributed by atoms with Gasteiger partial charge in [-0.2, -0.15) is 11.8 Å². The van der Waals surface area contributed by atoms with Gasteiger partial charge in [-0.15, -0.1) is 0 Å². The third-order valence-corrected chi connectivity index (χ3v) is 13.0. The molecule has 38 heavy (non-hydrogen) atoms. The largest absolute Gasteiger partial charge is 0.545 e. The predicted octanol–water partition coefficient (Wildman–Crippen LogP) is 3.17. The molecule has 0 spiro atoms. The number of carboxylic acids is 2. The number of rotatable bonds is 9. The number of thioether (sulfide) groups is 1. The first-order valence-corrected chi connectivity index (χ1v) is 16.5. The first kappa shape index (κ1) is 27.7. The lowest BCUT2D eigenvalue weighted by molar-refractivity contribution is -0.462. The molecule has 0 fully saturated rings. The highest BCUT2D eigenvalue weighted by molar-refractivity contribution is 7.99. The zero-order valence-corrected chi connectivity index (χ0v) is 24.4. The zero-order valence-electron chi connectivity index (χ0n) is 22.6. The molecule has 2 aromatic carbocycles. The summed E-state index contributed by atoms with van der Waals surface area (Å²) >= 11 is 1.46. The van der Waals surface area contributed by atoms with Crippen LogP contribution in [0, 0.1) is 0 Å². The highest BCUT2D eigenvalue weighted by atomic mass is 32.2. The number of fused-ring (bicyclic) bond motifs is 2. The average molecular weight is 547 g/mol. The Morgan fingerprint density at radius 2 is 1.82 bits per heavy atom. The van der Waals surface area contributed by atoms with Crippen LogP contribution in [0.1, 0.15) is 27.9 Å². The summed E-state index contributed by atoms with van der Waals surface area (Å²) in [5.74, 6) is -1.08. The van der Waals surface area contributed by atoms with Gasteiger partial charge in [0.15, 0.2) is 5.71 Å². The van der Waals surface area contributed by atoms with Crippen molar-refractivity contribution in [3.05, 3.63) is 88.2 Å². The molecule has 0 amide bonds. The summed E-state index contributed by atoms with van der Waals surface area (Å²) in [6.45, 7) is 2.40. The van der Waals surface area contributed by atoms with E-state index < -0.39 is 20.0 Å². The quantitative estimate of drug-likeness (QED) is 0.296. The van der Waals surface area contributed by atoms with Gasteiger partial charge in [0, 0.05) is 37.5 Å². The van der Waals surface area contributed by atoms with Crippen LogP contribution in [0.5, 0.6) is 0 Å². The summed E-state index contributed by atoms with van der Waals surface area (Å²) < 4.78 is 2.10. The van der Waals surface area contributed by atoms with E-state index in [0.717, 1.165) is 46.3 Å². The normalized spacial score (nSPS) is 18.0. The van der Waals surface area contributed by atoms with E-state index in [4.69, 9.17) is 5.11 Å². The van der Waals surface area contributed by atoms with Gasteiger partial charge in [0.05, 0.1) is 11.7 Å². The number of carbonyl (C=O) groups excluding carboxylic acids is 1. The Bertz CT molecular complexity index is 1420. The molecule has 0 radical (unpaired) electrons. The molecule has 1 atom stereocenters. The maximum absolute atomic E-state index is 12.2. The lowest BCUT2D eigenvalue weighted by Crippen LogP contribution is -2.52. The Kier molecular flexibility index (Phi) is 8.13. The summed E-state index contributed by atoms with van der Waals surface area (Å²) in [5.41, 5.74) is 6.12. The Labute approximate surface area is 229 Å². The first-order valence-electron chi connectivity index (χ1n) is 12.7. The fraction of sp³-hybridized carbons (Fsp3) is 0.300. The van der Waals surface area contributed by atoms with E-state index in [9.17, 15) is 14.7 Å². The lowest BCUT2D eigenvalue weighted by Gasteiger charge is -2.41. The Balaban J connectivity index is 1.98. The molecule has 198 valence electrons. The van der Waals surface area contributed by atoms with E-state index in [1.165, 1.54) is 22.1 Å². The van der Waals surface area contributed by atoms with Crippen molar-refractivity contribution in [1.82, 2.24) is 0 Å². The second-order valence-electron chi connectivity index (χ2n) is 10.3. The van der Waals surface area contributed by atoms with Gasteiger partial charge in [-0.1, -0.05) is 36.9 Å². The molecule has 0 bridgehead atoms. The minimum atomic E-state index is -2.33. The van der Waals surface area contributed by atoms with Crippen LogP contribution >= 0.6 is 11.8 Å². The van der Waals surface area contributed by atoms with Crippen molar-refractivity contribution in [3.8, 4) is 0 Å². The van der Waals surface area contributed by atoms with E-state index in [-0.39, 0.29) is 11.3 Å². The third-order valence-electron chi connectivity index (χ3n) is 7.37. The average Bonchev–Trinajstić information content (AvgIpc) is 2.88. The summed E-state index contributed by atoms with van der Waals surface area (Å²) in [4.78, 5) is 25.3. The second kappa shape index (κ2) is 11.2. The molecule has 8 heteroatoms. The number of anilines is 1. The van der Waals surface area contributed by atoms with E-state index >= 15 is 0 Å². The number of carboxylic acid groups (broad SMARTS) is 2. The number of nitrogens with zero attached hydrogens (tertiary/aromatic N) is 2. The minimum absolute atomic E-state index is 0.110. The Hall–Kier alpha value is -3.36. The van der Waals surface area contributed by atoms with Crippen LogP contribution in [0.2, 0.25) is 12.6 Å². The topological polar surface area (TPSA) is 83.7 Å². The Morgan fingerprint density at radius 1 is 1.08 bits per heavy atom. The fourth-order valence-electron chi connectivity index (χ4n) is 5.39. The number of allylic oxidation sites excluding steroid dienone is 5. The van der Waals surface area contributed by atoms with Crippen LogP contribution < -0.4 is 15.2 Å². The number of benzene rings is 2. The minimum Gasteiger partial charge on any atom is -0.545 e. The number of hydrogen-bond donors (Lipinski definition) is 1. The number of carbonyl (C=O) groups is 2. The standard InChI is InChI=1S/C30H34N2O4SSi/c1-31(2)20-11-13-24-26(17-20)38(5,16-8-15-37-19-28(33)34)27-18-21(32(3)4)12-14-25(27)29(24)22-9-6-7-10-23(22)30(35)36/h6-7,9-14,17-18H,8,15-16,19H2,1-5H3,(H-,33,34,35,36). The molecular formula is C30H34N2O4SSi. The van der Waals surface area contributed by atoms with E-state index in [2.05, 4.69) is 52.4 Å². The van der Waals surface area contributed by atoms with Crippen molar-refractivity contribution in [2.75, 3.05) is 44.6 Å². The Morgan fingerprint density at radius 3 is 2.47 bits per heavy atom. The molecule has 2 aliphatic rings. The van der Waals surface area contributed by atoms with Crippen molar-refractivity contribution in [2.45, 2.75) is 19.0 Å². The van der Waals surface area contributed by atoms with Crippen LogP contribution in [-0.4, -0.2) is 75.1 Å². The van der Waals surface area contributed by atoms with E-state index in [0.29, 0.717) is 5.56 Å². The van der Waals surface area contributed by atoms with Gasteiger partial charge in [-0.05, 0) is 69.1 Å². The van der Waals surface area contributed by atoms with Gasteiger partial charge in [-0.3, -0.25) is 4.79 Å². The van der Waals surface area contributed by atoms with Crippen molar-refractivity contribution in [2.24, 2.45) is 0 Å². The third kappa shape index (κ3) is 5.28. The van der Waals surface area contributed by atoms with Crippen molar-refractivity contribution in [3.63, 3.8) is 0 Å². The first-order chi connectivity index (χ1) is 18.0. The molecule has 4 rings (SSSR count). The number of aliphatic carboxylic acids is 1. The van der Waals surface area contributed by atoms with Crippen LogP contribution in [0.3, 0.4) is 0 Å². The monoisotopic (exact) mass is 546 g/mol. The molecular weight excluding hydrogens is 512 g/mol. The SMILES string of the molecule is CN(C)c1ccc2c(c1)[Si@](C)(CCCSCC(=O)O)C1=CC(=[N+](C)C)C=CC1=C2c1ccccc1C(=O)[O-]. The van der Waals surface area contributed by atoms with Crippen molar-refractivity contribution >= 4 is 53.9 Å². The summed E-state index contributed by atoms with van der Waals surface area (Å²) in [6, 6.07) is 14.6. The molecule has 1 aliphatic carbocycles. The molecule has 6 nitrogen and oxygen atoms in total. The fourth-order valence-corrected chi connectivity index (χ4v) is 10.6. The summed E-state index contributed by atoms with van der Waals surface area (Å²) in [6.07, 6.45) is 7.41. The molecule has 1 aliphatic heterocycles. The highest BCUT2D eigenvalue weighted by Gasteiger charge is 2.43.